The van der Waals surface area contributed by atoms with Gasteiger partial charge in [0, 0.05) is 18.6 Å². The van der Waals surface area contributed by atoms with E-state index < -0.39 is 15.9 Å². The summed E-state index contributed by atoms with van der Waals surface area (Å²) in [6, 6.07) is 4.26. The van der Waals surface area contributed by atoms with Gasteiger partial charge in [-0.15, -0.1) is 11.8 Å². The quantitative estimate of drug-likeness (QED) is 0.844. The number of amides is 1. The van der Waals surface area contributed by atoms with E-state index in [-0.39, 0.29) is 4.90 Å². The highest BCUT2D eigenvalue weighted by molar-refractivity contribution is 8.01. The highest BCUT2D eigenvalue weighted by atomic mass is 32.2. The van der Waals surface area contributed by atoms with Gasteiger partial charge in [0.1, 0.15) is 0 Å². The van der Waals surface area contributed by atoms with Gasteiger partial charge in [-0.25, -0.2) is 13.1 Å². The molecule has 8 heteroatoms. The summed E-state index contributed by atoms with van der Waals surface area (Å²) in [5, 5.41) is 1.50. The second kappa shape index (κ2) is 6.86. The number of sulfonamides is 1. The summed E-state index contributed by atoms with van der Waals surface area (Å²) >= 11 is 1.30. The van der Waals surface area contributed by atoms with E-state index in [1.54, 1.807) is 6.26 Å². The van der Waals surface area contributed by atoms with Gasteiger partial charge in [0.25, 0.3) is 15.9 Å². The van der Waals surface area contributed by atoms with E-state index in [0.717, 1.165) is 12.5 Å². The van der Waals surface area contributed by atoms with Crippen molar-refractivity contribution in [3.8, 4) is 11.5 Å². The lowest BCUT2D eigenvalue weighted by Crippen LogP contribution is -2.28. The summed E-state index contributed by atoms with van der Waals surface area (Å²) in [4.78, 5) is 11.4. The number of hydrogen-bond acceptors (Lipinski definition) is 6. The van der Waals surface area contributed by atoms with Crippen LogP contribution in [-0.2, 0) is 14.8 Å². The fourth-order valence-corrected chi connectivity index (χ4v) is 2.89. The van der Waals surface area contributed by atoms with Crippen LogP contribution in [0.15, 0.2) is 34.6 Å². The third-order valence-electron chi connectivity index (χ3n) is 2.62. The summed E-state index contributed by atoms with van der Waals surface area (Å²) in [5.41, 5.74) is 0. The van der Waals surface area contributed by atoms with Crippen molar-refractivity contribution in [2.45, 2.75) is 11.3 Å². The van der Waals surface area contributed by atoms with Crippen molar-refractivity contribution in [3.05, 3.63) is 29.7 Å². The fourth-order valence-electron chi connectivity index (χ4n) is 1.67. The second-order valence-electron chi connectivity index (χ2n) is 4.17. The van der Waals surface area contributed by atoms with Crippen LogP contribution in [0.4, 0.5) is 0 Å². The Bertz CT molecular complexity index is 655. The SMILES string of the molecule is CSC=CC(=O)NS(=O)(=O)c1ccc2c(c1)OCCCO2. The van der Waals surface area contributed by atoms with Crippen LogP contribution in [0.1, 0.15) is 6.42 Å². The zero-order chi connectivity index (χ0) is 15.3. The van der Waals surface area contributed by atoms with Crippen LogP contribution in [0.25, 0.3) is 0 Å². The first-order valence-electron chi connectivity index (χ1n) is 6.19. The molecule has 0 aliphatic carbocycles. The van der Waals surface area contributed by atoms with Crippen LogP contribution in [0.3, 0.4) is 0 Å². The molecule has 1 heterocycles. The molecule has 1 aromatic carbocycles. The standard InChI is InChI=1S/C13H15NO5S2/c1-20-8-5-13(15)14-21(16,17)10-3-4-11-12(9-10)19-7-2-6-18-11/h3-5,8-9H,2,6-7H2,1H3,(H,14,15). The summed E-state index contributed by atoms with van der Waals surface area (Å²) < 4.78 is 37.0. The summed E-state index contributed by atoms with van der Waals surface area (Å²) in [7, 11) is -3.93. The fraction of sp³-hybridized carbons (Fsp3) is 0.308. The zero-order valence-corrected chi connectivity index (χ0v) is 13.0. The van der Waals surface area contributed by atoms with Gasteiger partial charge in [0.2, 0.25) is 0 Å². The molecule has 0 saturated heterocycles. The van der Waals surface area contributed by atoms with Crippen molar-refractivity contribution in [3.63, 3.8) is 0 Å². The largest absolute Gasteiger partial charge is 0.490 e. The predicted octanol–water partition coefficient (Wildman–Crippen LogP) is 1.53. The van der Waals surface area contributed by atoms with E-state index in [0.29, 0.717) is 24.7 Å². The molecule has 1 amide bonds. The molecule has 114 valence electrons. The smallest absolute Gasteiger partial charge is 0.264 e. The van der Waals surface area contributed by atoms with Gasteiger partial charge in [0.05, 0.1) is 18.1 Å². The number of rotatable bonds is 4. The van der Waals surface area contributed by atoms with Gasteiger partial charge in [-0.1, -0.05) is 0 Å². The number of carbonyl (C=O) groups excluding carboxylic acids is 1. The Morgan fingerprint density at radius 2 is 2.00 bits per heavy atom. The van der Waals surface area contributed by atoms with Crippen molar-refractivity contribution < 1.29 is 22.7 Å². The number of ether oxygens (including phenoxy) is 2. The predicted molar refractivity (Wildman–Crippen MR) is 80.0 cm³/mol. The maximum absolute atomic E-state index is 12.1. The van der Waals surface area contributed by atoms with Crippen molar-refractivity contribution in [2.75, 3.05) is 19.5 Å². The molecule has 0 atom stereocenters. The zero-order valence-electron chi connectivity index (χ0n) is 11.4. The van der Waals surface area contributed by atoms with Crippen LogP contribution >= 0.6 is 11.8 Å². The Balaban J connectivity index is 2.22. The Morgan fingerprint density at radius 1 is 1.29 bits per heavy atom. The van der Waals surface area contributed by atoms with E-state index in [1.807, 2.05) is 4.72 Å². The minimum absolute atomic E-state index is 0.0438. The normalized spacial score (nSPS) is 14.7. The van der Waals surface area contributed by atoms with Crippen molar-refractivity contribution >= 4 is 27.7 Å². The molecule has 2 rings (SSSR count). The number of fused-ring (bicyclic) bond motifs is 1. The molecule has 0 unspecified atom stereocenters. The molecule has 1 aliphatic heterocycles. The van der Waals surface area contributed by atoms with E-state index in [1.165, 1.54) is 35.4 Å². The summed E-state index contributed by atoms with van der Waals surface area (Å²) in [6.45, 7) is 0.981. The Morgan fingerprint density at radius 3 is 2.71 bits per heavy atom. The Kier molecular flexibility index (Phi) is 5.13. The van der Waals surface area contributed by atoms with Crippen LogP contribution in [0.5, 0.6) is 11.5 Å². The molecule has 6 nitrogen and oxygen atoms in total. The average Bonchev–Trinajstić information content (AvgIpc) is 2.69. The van der Waals surface area contributed by atoms with Crippen molar-refractivity contribution in [1.29, 1.82) is 0 Å². The number of carbonyl (C=O) groups is 1. The molecule has 1 aliphatic rings. The van der Waals surface area contributed by atoms with Gasteiger partial charge < -0.3 is 9.47 Å². The maximum Gasteiger partial charge on any atom is 0.264 e. The molecule has 0 spiro atoms. The van der Waals surface area contributed by atoms with Crippen molar-refractivity contribution in [1.82, 2.24) is 4.72 Å². The van der Waals surface area contributed by atoms with Gasteiger partial charge in [0.15, 0.2) is 11.5 Å². The highest BCUT2D eigenvalue weighted by Crippen LogP contribution is 2.31. The second-order valence-corrected chi connectivity index (χ2v) is 6.59. The van der Waals surface area contributed by atoms with Crippen LogP contribution in [0, 0.1) is 0 Å². The molecule has 0 aromatic heterocycles. The lowest BCUT2D eigenvalue weighted by atomic mass is 10.3. The van der Waals surface area contributed by atoms with Gasteiger partial charge in [-0.2, -0.15) is 0 Å². The van der Waals surface area contributed by atoms with Gasteiger partial charge in [-0.05, 0) is 23.8 Å². The van der Waals surface area contributed by atoms with E-state index in [2.05, 4.69) is 0 Å². The third-order valence-corrected chi connectivity index (χ3v) is 4.37. The summed E-state index contributed by atoms with van der Waals surface area (Å²) in [5.74, 6) is 0.166. The van der Waals surface area contributed by atoms with Crippen molar-refractivity contribution in [2.24, 2.45) is 0 Å². The minimum atomic E-state index is -3.93. The molecule has 0 radical (unpaired) electrons. The van der Waals surface area contributed by atoms with Gasteiger partial charge >= 0.3 is 0 Å². The third kappa shape index (κ3) is 4.15. The van der Waals surface area contributed by atoms with E-state index in [4.69, 9.17) is 9.47 Å². The monoisotopic (exact) mass is 329 g/mol. The lowest BCUT2D eigenvalue weighted by Gasteiger charge is -2.10. The number of thioether (sulfide) groups is 1. The summed E-state index contributed by atoms with van der Waals surface area (Å²) in [6.07, 6.45) is 3.65. The van der Waals surface area contributed by atoms with Gasteiger partial charge in [-0.3, -0.25) is 4.79 Å². The van der Waals surface area contributed by atoms with E-state index in [9.17, 15) is 13.2 Å². The van der Waals surface area contributed by atoms with Crippen LogP contribution < -0.4 is 14.2 Å². The van der Waals surface area contributed by atoms with Crippen LogP contribution in [-0.4, -0.2) is 33.8 Å². The molecule has 1 aromatic rings. The molecule has 0 saturated carbocycles. The van der Waals surface area contributed by atoms with Crippen LogP contribution in [0.2, 0.25) is 0 Å². The molecular weight excluding hydrogens is 314 g/mol. The Labute approximate surface area is 127 Å². The number of nitrogens with one attached hydrogen (secondary N) is 1. The molecule has 1 N–H and O–H groups in total. The maximum atomic E-state index is 12.1. The first kappa shape index (κ1) is 15.7. The lowest BCUT2D eigenvalue weighted by molar-refractivity contribution is -0.114. The molecule has 21 heavy (non-hydrogen) atoms. The molecule has 0 bridgehead atoms. The molecule has 0 fully saturated rings. The minimum Gasteiger partial charge on any atom is -0.490 e. The Hall–Kier alpha value is -1.67. The molecular formula is C13H15NO5S2. The highest BCUT2D eigenvalue weighted by Gasteiger charge is 2.20. The number of hydrogen-bond donors (Lipinski definition) is 1. The number of benzene rings is 1. The van der Waals surface area contributed by atoms with E-state index >= 15 is 0 Å². The first-order chi connectivity index (χ1) is 10.0. The topological polar surface area (TPSA) is 81.7 Å². The first-order valence-corrected chi connectivity index (χ1v) is 8.96. The average molecular weight is 329 g/mol.